The Labute approximate surface area is 136 Å². The van der Waals surface area contributed by atoms with E-state index in [-0.39, 0.29) is 0 Å². The van der Waals surface area contributed by atoms with Gasteiger partial charge in [0.2, 0.25) is 0 Å². The molecule has 1 aromatic carbocycles. The molecule has 1 aliphatic rings. The molecule has 113 valence electrons. The van der Waals surface area contributed by atoms with Crippen LogP contribution in [-0.2, 0) is 6.42 Å². The fourth-order valence-electron chi connectivity index (χ4n) is 2.97. The number of rotatable bonds is 5. The minimum Gasteiger partial charge on any atom is -0.360 e. The van der Waals surface area contributed by atoms with E-state index < -0.39 is 0 Å². The number of hydrogen-bond donors (Lipinski definition) is 1. The molecule has 4 nitrogen and oxygen atoms in total. The van der Waals surface area contributed by atoms with Gasteiger partial charge in [0.15, 0.2) is 0 Å². The summed E-state index contributed by atoms with van der Waals surface area (Å²) in [6.45, 7) is 5.18. The molecular formula is C17H19N4S. The second-order valence-corrected chi connectivity index (χ2v) is 6.36. The molecule has 2 heterocycles. The quantitative estimate of drug-likeness (QED) is 0.863. The number of benzene rings is 1. The molecule has 3 rings (SSSR count). The van der Waals surface area contributed by atoms with Gasteiger partial charge in [-0.2, -0.15) is 5.26 Å². The molecule has 1 aromatic heterocycles. The zero-order valence-electron chi connectivity index (χ0n) is 12.5. The Morgan fingerprint density at radius 2 is 2.09 bits per heavy atom. The number of nitriles is 1. The van der Waals surface area contributed by atoms with Crippen LogP contribution in [0, 0.1) is 17.6 Å². The molecule has 0 aliphatic carbocycles. The number of H-pyrrole nitrogens is 1. The standard InChI is InChI=1S/C17H19N4S/c1-22-21-9-7-20(8-10-21)6-2-3-14-4-5-17-16(11-14)15(12-18)13-19-17/h4-5,11,13,19H,2-3,6-10H2. The number of piperazine rings is 1. The molecular weight excluding hydrogens is 292 g/mol. The van der Waals surface area contributed by atoms with Gasteiger partial charge in [-0.15, -0.1) is 0 Å². The largest absolute Gasteiger partial charge is 0.360 e. The molecule has 3 radical (unpaired) electrons. The van der Waals surface area contributed by atoms with Crippen molar-refractivity contribution in [3.05, 3.63) is 41.8 Å². The number of fused-ring (bicyclic) bond motifs is 1. The van der Waals surface area contributed by atoms with E-state index in [9.17, 15) is 0 Å². The van der Waals surface area contributed by atoms with Crippen molar-refractivity contribution in [2.75, 3.05) is 32.7 Å². The molecule has 0 spiro atoms. The van der Waals surface area contributed by atoms with Gasteiger partial charge in [-0.1, -0.05) is 18.0 Å². The van der Waals surface area contributed by atoms with E-state index in [2.05, 4.69) is 38.5 Å². The van der Waals surface area contributed by atoms with Crippen LogP contribution in [0.5, 0.6) is 0 Å². The zero-order valence-corrected chi connectivity index (χ0v) is 13.3. The second-order valence-electron chi connectivity index (χ2n) is 5.66. The molecule has 1 N–H and O–H groups in total. The molecule has 1 aliphatic heterocycles. The smallest absolute Gasteiger partial charge is 0.101 e. The van der Waals surface area contributed by atoms with Gasteiger partial charge in [-0.3, -0.25) is 0 Å². The van der Waals surface area contributed by atoms with Crippen molar-refractivity contribution in [2.45, 2.75) is 12.8 Å². The molecule has 2 aromatic rings. The van der Waals surface area contributed by atoms with Gasteiger partial charge in [-0.05, 0) is 37.1 Å². The van der Waals surface area contributed by atoms with Crippen LogP contribution in [-0.4, -0.2) is 46.9 Å². The first-order valence-electron chi connectivity index (χ1n) is 7.61. The van der Waals surface area contributed by atoms with Crippen molar-refractivity contribution < 1.29 is 0 Å². The van der Waals surface area contributed by atoms with Crippen LogP contribution in [0.1, 0.15) is 17.5 Å². The molecule has 0 atom stereocenters. The van der Waals surface area contributed by atoms with Crippen molar-refractivity contribution in [2.24, 2.45) is 0 Å². The highest BCUT2D eigenvalue weighted by Gasteiger charge is 2.15. The van der Waals surface area contributed by atoms with Gasteiger partial charge in [-0.25, -0.2) is 4.31 Å². The SMILES string of the molecule is [C]SN1CCN(CCCc2ccc3[nH]cc(C#N)c3c2)CC1. The summed E-state index contributed by atoms with van der Waals surface area (Å²) in [5, 5.41) is 10.1. The lowest BCUT2D eigenvalue weighted by Crippen LogP contribution is -2.43. The number of aromatic nitrogens is 1. The van der Waals surface area contributed by atoms with Crippen LogP contribution in [0.2, 0.25) is 0 Å². The van der Waals surface area contributed by atoms with E-state index in [4.69, 9.17) is 11.5 Å². The Morgan fingerprint density at radius 1 is 1.27 bits per heavy atom. The van der Waals surface area contributed by atoms with Crippen LogP contribution >= 0.6 is 11.9 Å². The predicted molar refractivity (Wildman–Crippen MR) is 90.2 cm³/mol. The fraction of sp³-hybridized carbons (Fsp3) is 0.412. The zero-order chi connectivity index (χ0) is 15.4. The maximum atomic E-state index is 9.11. The predicted octanol–water partition coefficient (Wildman–Crippen LogP) is 2.78. The summed E-state index contributed by atoms with van der Waals surface area (Å²) in [4.78, 5) is 5.61. The number of aryl methyl sites for hydroxylation is 1. The molecule has 1 fully saturated rings. The summed E-state index contributed by atoms with van der Waals surface area (Å²) < 4.78 is 2.10. The molecule has 22 heavy (non-hydrogen) atoms. The first-order chi connectivity index (χ1) is 10.8. The van der Waals surface area contributed by atoms with E-state index in [0.29, 0.717) is 0 Å². The highest BCUT2D eigenvalue weighted by Crippen LogP contribution is 2.20. The lowest BCUT2D eigenvalue weighted by molar-refractivity contribution is 0.195. The number of hydrogen-bond acceptors (Lipinski definition) is 4. The number of nitrogens with zero attached hydrogens (tertiary/aromatic N) is 3. The first-order valence-corrected chi connectivity index (χ1v) is 8.38. The minimum atomic E-state index is 0.723. The topological polar surface area (TPSA) is 46.1 Å². The molecule has 0 amide bonds. The molecule has 0 bridgehead atoms. The Hall–Kier alpha value is -1.48. The van der Waals surface area contributed by atoms with Crippen molar-refractivity contribution in [1.82, 2.24) is 14.2 Å². The fourth-order valence-corrected chi connectivity index (χ4v) is 3.31. The summed E-state index contributed by atoms with van der Waals surface area (Å²) in [7, 11) is 0. The monoisotopic (exact) mass is 311 g/mol. The third-order valence-corrected chi connectivity index (χ3v) is 4.89. The Balaban J connectivity index is 1.53. The van der Waals surface area contributed by atoms with Crippen molar-refractivity contribution in [1.29, 1.82) is 5.26 Å². The maximum Gasteiger partial charge on any atom is 0.101 e. The van der Waals surface area contributed by atoms with Crippen LogP contribution in [0.4, 0.5) is 0 Å². The van der Waals surface area contributed by atoms with Gasteiger partial charge in [0.05, 0.1) is 11.8 Å². The summed E-state index contributed by atoms with van der Waals surface area (Å²) in [6, 6.07) is 8.58. The summed E-state index contributed by atoms with van der Waals surface area (Å²) >= 11 is 1.10. The third kappa shape index (κ3) is 3.46. The summed E-state index contributed by atoms with van der Waals surface area (Å²) in [5.74, 6) is 0. The van der Waals surface area contributed by atoms with E-state index in [1.165, 1.54) is 5.56 Å². The van der Waals surface area contributed by atoms with Gasteiger partial charge < -0.3 is 9.88 Å². The van der Waals surface area contributed by atoms with E-state index in [0.717, 1.165) is 74.0 Å². The number of nitrogens with one attached hydrogen (secondary N) is 1. The Kier molecular flexibility index (Phi) is 5.04. The minimum absolute atomic E-state index is 0.723. The highest BCUT2D eigenvalue weighted by molar-refractivity contribution is 7.98. The third-order valence-electron chi connectivity index (χ3n) is 4.27. The average Bonchev–Trinajstić information content (AvgIpc) is 2.98. The summed E-state index contributed by atoms with van der Waals surface area (Å²) in [6.07, 6.45) is 11.2. The lowest BCUT2D eigenvalue weighted by atomic mass is 10.1. The van der Waals surface area contributed by atoms with E-state index in [1.54, 1.807) is 6.20 Å². The molecule has 5 heteroatoms. The van der Waals surface area contributed by atoms with Crippen LogP contribution < -0.4 is 0 Å². The van der Waals surface area contributed by atoms with Crippen LogP contribution in [0.15, 0.2) is 24.4 Å². The molecule has 1 saturated heterocycles. The van der Waals surface area contributed by atoms with E-state index >= 15 is 0 Å². The van der Waals surface area contributed by atoms with Gasteiger partial charge in [0, 0.05) is 43.3 Å². The average molecular weight is 311 g/mol. The van der Waals surface area contributed by atoms with Crippen molar-refractivity contribution >= 4 is 22.9 Å². The van der Waals surface area contributed by atoms with Gasteiger partial charge in [0.1, 0.15) is 6.07 Å². The molecule has 0 saturated carbocycles. The first kappa shape index (κ1) is 15.4. The van der Waals surface area contributed by atoms with Crippen molar-refractivity contribution in [3.8, 4) is 6.07 Å². The summed E-state index contributed by atoms with van der Waals surface area (Å²) in [5.41, 5.74) is 3.05. The van der Waals surface area contributed by atoms with Crippen LogP contribution in [0.25, 0.3) is 10.9 Å². The van der Waals surface area contributed by atoms with Crippen LogP contribution in [0.3, 0.4) is 0 Å². The van der Waals surface area contributed by atoms with Gasteiger partial charge >= 0.3 is 0 Å². The lowest BCUT2D eigenvalue weighted by Gasteiger charge is -2.32. The van der Waals surface area contributed by atoms with E-state index in [1.807, 2.05) is 0 Å². The maximum absolute atomic E-state index is 9.11. The molecule has 0 unspecified atom stereocenters. The van der Waals surface area contributed by atoms with Gasteiger partial charge in [0.25, 0.3) is 0 Å². The normalized spacial score (nSPS) is 16.9. The second kappa shape index (κ2) is 7.19. The van der Waals surface area contributed by atoms with Crippen molar-refractivity contribution in [3.63, 3.8) is 0 Å². The Morgan fingerprint density at radius 3 is 2.82 bits per heavy atom. The Bertz CT molecular complexity index is 665. The highest BCUT2D eigenvalue weighted by atomic mass is 32.2. The number of aromatic amines is 1.